The van der Waals surface area contributed by atoms with Gasteiger partial charge in [-0.05, 0) is 56.5 Å². The van der Waals surface area contributed by atoms with Gasteiger partial charge in [0, 0.05) is 6.04 Å². The Morgan fingerprint density at radius 1 is 0.895 bits per heavy atom. The molecule has 0 aromatic heterocycles. The van der Waals surface area contributed by atoms with Crippen LogP contribution >= 0.6 is 0 Å². The molecule has 2 heteroatoms. The average molecular weight is 267 g/mol. The molecule has 1 aliphatic carbocycles. The Morgan fingerprint density at radius 3 is 2.05 bits per heavy atom. The van der Waals surface area contributed by atoms with Gasteiger partial charge in [-0.2, -0.15) is 0 Å². The largest absolute Gasteiger partial charge is 0.393 e. The van der Waals surface area contributed by atoms with E-state index in [0.29, 0.717) is 11.5 Å². The van der Waals surface area contributed by atoms with Crippen LogP contribution in [0.25, 0.3) is 0 Å². The predicted octanol–water partition coefficient (Wildman–Crippen LogP) is 3.83. The maximum Gasteiger partial charge on any atom is 0.0555 e. The molecule has 112 valence electrons. The first-order valence-electron chi connectivity index (χ1n) is 8.40. The first-order chi connectivity index (χ1) is 8.98. The lowest BCUT2D eigenvalue weighted by Gasteiger charge is -2.47. The number of likely N-dealkylation sites (tertiary alicyclic amines) is 1. The highest BCUT2D eigenvalue weighted by Gasteiger charge is 2.39. The highest BCUT2D eigenvalue weighted by molar-refractivity contribution is 4.92. The lowest BCUT2D eigenvalue weighted by molar-refractivity contribution is -0.0141. The average Bonchev–Trinajstić information content (AvgIpc) is 2.26. The van der Waals surface area contributed by atoms with Gasteiger partial charge in [-0.1, -0.05) is 40.0 Å². The molecule has 3 unspecified atom stereocenters. The Hall–Kier alpha value is -0.0800. The van der Waals surface area contributed by atoms with E-state index in [1.807, 2.05) is 0 Å². The van der Waals surface area contributed by atoms with Crippen molar-refractivity contribution in [2.45, 2.75) is 84.3 Å². The van der Waals surface area contributed by atoms with E-state index in [9.17, 15) is 5.11 Å². The third kappa shape index (κ3) is 4.19. The van der Waals surface area contributed by atoms with Gasteiger partial charge in [0.1, 0.15) is 0 Å². The van der Waals surface area contributed by atoms with Crippen LogP contribution in [0.4, 0.5) is 0 Å². The van der Waals surface area contributed by atoms with Gasteiger partial charge in [0.15, 0.2) is 0 Å². The van der Waals surface area contributed by atoms with Crippen molar-refractivity contribution in [2.24, 2.45) is 11.3 Å². The lowest BCUT2D eigenvalue weighted by Crippen LogP contribution is -2.50. The number of nitrogens with zero attached hydrogens (tertiary/aromatic N) is 1. The van der Waals surface area contributed by atoms with E-state index in [4.69, 9.17) is 0 Å². The first kappa shape index (κ1) is 15.3. The number of aliphatic hydroxyl groups excluding tert-OH is 1. The summed E-state index contributed by atoms with van der Waals surface area (Å²) in [7, 11) is 0. The highest BCUT2D eigenvalue weighted by atomic mass is 16.3. The topological polar surface area (TPSA) is 23.5 Å². The second kappa shape index (κ2) is 6.58. The highest BCUT2D eigenvalue weighted by Crippen LogP contribution is 2.40. The van der Waals surface area contributed by atoms with Crippen LogP contribution in [-0.4, -0.2) is 35.2 Å². The zero-order valence-corrected chi connectivity index (χ0v) is 13.2. The minimum absolute atomic E-state index is 0.0611. The molecule has 2 fully saturated rings. The summed E-state index contributed by atoms with van der Waals surface area (Å²) in [6, 6.07) is 0.613. The normalized spacial score (nSPS) is 35.7. The Balaban J connectivity index is 2.06. The Labute approximate surface area is 119 Å². The summed E-state index contributed by atoms with van der Waals surface area (Å²) in [5.41, 5.74) is 0.368. The van der Waals surface area contributed by atoms with Crippen molar-refractivity contribution in [3.63, 3.8) is 0 Å². The summed E-state index contributed by atoms with van der Waals surface area (Å²) in [6.07, 6.45) is 10.1. The molecular weight excluding hydrogens is 234 g/mol. The van der Waals surface area contributed by atoms with E-state index >= 15 is 0 Å². The fraction of sp³-hybridized carbons (Fsp3) is 1.00. The fourth-order valence-corrected chi connectivity index (χ4v) is 4.14. The minimum atomic E-state index is -0.0611. The van der Waals surface area contributed by atoms with Crippen molar-refractivity contribution < 1.29 is 5.11 Å². The van der Waals surface area contributed by atoms with E-state index in [1.54, 1.807) is 0 Å². The molecular formula is C17H33NO. The number of hydrogen-bond donors (Lipinski definition) is 1. The molecule has 1 saturated carbocycles. The van der Waals surface area contributed by atoms with Gasteiger partial charge in [-0.3, -0.25) is 4.90 Å². The Kier molecular flexibility index (Phi) is 5.30. The summed E-state index contributed by atoms with van der Waals surface area (Å²) in [5, 5.41) is 10.1. The van der Waals surface area contributed by atoms with E-state index < -0.39 is 0 Å². The maximum absolute atomic E-state index is 10.1. The van der Waals surface area contributed by atoms with Gasteiger partial charge in [0.2, 0.25) is 0 Å². The Morgan fingerprint density at radius 2 is 1.47 bits per heavy atom. The van der Waals surface area contributed by atoms with Crippen molar-refractivity contribution in [2.75, 3.05) is 13.1 Å². The summed E-state index contributed by atoms with van der Waals surface area (Å²) in [5.74, 6) is 0.746. The maximum atomic E-state index is 10.1. The van der Waals surface area contributed by atoms with E-state index in [-0.39, 0.29) is 6.10 Å². The number of hydrogen-bond acceptors (Lipinski definition) is 2. The standard InChI is InChI=1S/C17H33NO/c1-17(2,3)15-10-9-14(19)13-16(15)18-11-7-5-4-6-8-12-18/h14-16,19H,4-13H2,1-3H3. The second-order valence-corrected chi connectivity index (χ2v) is 7.81. The van der Waals surface area contributed by atoms with Gasteiger partial charge >= 0.3 is 0 Å². The molecule has 0 spiro atoms. The smallest absolute Gasteiger partial charge is 0.0555 e. The summed E-state index contributed by atoms with van der Waals surface area (Å²) in [6.45, 7) is 9.65. The van der Waals surface area contributed by atoms with Crippen LogP contribution in [0.3, 0.4) is 0 Å². The molecule has 0 aromatic carbocycles. The first-order valence-corrected chi connectivity index (χ1v) is 8.40. The van der Waals surface area contributed by atoms with Crippen LogP contribution in [0.1, 0.15) is 72.1 Å². The fourth-order valence-electron chi connectivity index (χ4n) is 4.14. The van der Waals surface area contributed by atoms with Crippen LogP contribution < -0.4 is 0 Å². The number of aliphatic hydroxyl groups is 1. The van der Waals surface area contributed by atoms with Crippen molar-refractivity contribution in [1.29, 1.82) is 0 Å². The molecule has 0 radical (unpaired) electrons. The van der Waals surface area contributed by atoms with Gasteiger partial charge in [-0.25, -0.2) is 0 Å². The van der Waals surface area contributed by atoms with Crippen molar-refractivity contribution in [1.82, 2.24) is 4.90 Å². The second-order valence-electron chi connectivity index (χ2n) is 7.81. The monoisotopic (exact) mass is 267 g/mol. The van der Waals surface area contributed by atoms with Gasteiger partial charge < -0.3 is 5.11 Å². The summed E-state index contributed by atoms with van der Waals surface area (Å²) < 4.78 is 0. The minimum Gasteiger partial charge on any atom is -0.393 e. The quantitative estimate of drug-likeness (QED) is 0.780. The van der Waals surface area contributed by atoms with Crippen molar-refractivity contribution >= 4 is 0 Å². The molecule has 2 aliphatic rings. The van der Waals surface area contributed by atoms with Crippen molar-refractivity contribution in [3.8, 4) is 0 Å². The lowest BCUT2D eigenvalue weighted by atomic mass is 9.68. The summed E-state index contributed by atoms with van der Waals surface area (Å²) >= 11 is 0. The molecule has 0 bridgehead atoms. The SMILES string of the molecule is CC(C)(C)C1CCC(O)CC1N1CCCCCCC1. The van der Waals surface area contributed by atoms with Gasteiger partial charge in [-0.15, -0.1) is 0 Å². The third-order valence-corrected chi connectivity index (χ3v) is 5.26. The van der Waals surface area contributed by atoms with Gasteiger partial charge in [0.05, 0.1) is 6.10 Å². The zero-order chi connectivity index (χ0) is 13.9. The van der Waals surface area contributed by atoms with E-state index in [1.165, 1.54) is 51.6 Å². The zero-order valence-electron chi connectivity index (χ0n) is 13.2. The van der Waals surface area contributed by atoms with E-state index in [2.05, 4.69) is 25.7 Å². The molecule has 19 heavy (non-hydrogen) atoms. The van der Waals surface area contributed by atoms with Crippen LogP contribution in [0.15, 0.2) is 0 Å². The molecule has 1 heterocycles. The van der Waals surface area contributed by atoms with Crippen LogP contribution in [0, 0.1) is 11.3 Å². The molecule has 0 amide bonds. The number of rotatable bonds is 1. The predicted molar refractivity (Wildman–Crippen MR) is 81.2 cm³/mol. The van der Waals surface area contributed by atoms with Crippen LogP contribution in [0.5, 0.6) is 0 Å². The molecule has 1 aliphatic heterocycles. The Bertz CT molecular complexity index is 263. The van der Waals surface area contributed by atoms with Crippen molar-refractivity contribution in [3.05, 3.63) is 0 Å². The third-order valence-electron chi connectivity index (χ3n) is 5.26. The molecule has 0 aromatic rings. The molecule has 2 nitrogen and oxygen atoms in total. The molecule has 3 atom stereocenters. The van der Waals surface area contributed by atoms with Gasteiger partial charge in [0.25, 0.3) is 0 Å². The summed E-state index contributed by atoms with van der Waals surface area (Å²) in [4.78, 5) is 2.72. The van der Waals surface area contributed by atoms with E-state index in [0.717, 1.165) is 18.8 Å². The molecule has 2 rings (SSSR count). The molecule has 1 saturated heterocycles. The molecule has 1 N–H and O–H groups in total. The van der Waals surface area contributed by atoms with Crippen LogP contribution in [0.2, 0.25) is 0 Å². The van der Waals surface area contributed by atoms with Crippen LogP contribution in [-0.2, 0) is 0 Å².